The van der Waals surface area contributed by atoms with Crippen LogP contribution in [0.25, 0.3) is 10.9 Å². The molecule has 0 aliphatic rings. The molecule has 118 valence electrons. The molecule has 1 aromatic heterocycles. The molecule has 1 atom stereocenters. The summed E-state index contributed by atoms with van der Waals surface area (Å²) in [7, 11) is 0. The van der Waals surface area contributed by atoms with E-state index in [0.29, 0.717) is 17.3 Å². The van der Waals surface area contributed by atoms with Gasteiger partial charge >= 0.3 is 5.97 Å². The predicted molar refractivity (Wildman–Crippen MR) is 79.0 cm³/mol. The third-order valence-electron chi connectivity index (χ3n) is 3.13. The zero-order valence-corrected chi connectivity index (χ0v) is 12.3. The van der Waals surface area contributed by atoms with Gasteiger partial charge in [0.15, 0.2) is 5.82 Å². The number of carboxylic acid groups (broad SMARTS) is 1. The van der Waals surface area contributed by atoms with Gasteiger partial charge in [0.1, 0.15) is 11.9 Å². The van der Waals surface area contributed by atoms with Gasteiger partial charge in [-0.05, 0) is 24.5 Å². The number of benzene rings is 1. The van der Waals surface area contributed by atoms with Crippen molar-refractivity contribution in [1.29, 1.82) is 0 Å². The molecule has 0 amide bonds. The van der Waals surface area contributed by atoms with Crippen LogP contribution >= 0.6 is 0 Å². The summed E-state index contributed by atoms with van der Waals surface area (Å²) in [6.07, 6.45) is -2.46. The van der Waals surface area contributed by atoms with Crippen molar-refractivity contribution in [3.8, 4) is 0 Å². The monoisotopic (exact) mass is 309 g/mol. The van der Waals surface area contributed by atoms with Crippen molar-refractivity contribution in [3.05, 3.63) is 30.1 Å². The average molecular weight is 309 g/mol. The fraction of sp³-hybridized carbons (Fsp3) is 0.400. The van der Waals surface area contributed by atoms with E-state index < -0.39 is 24.3 Å². The Morgan fingerprint density at radius 3 is 2.55 bits per heavy atom. The van der Waals surface area contributed by atoms with Gasteiger partial charge in [-0.15, -0.1) is 0 Å². The van der Waals surface area contributed by atoms with Gasteiger partial charge in [-0.25, -0.2) is 23.5 Å². The third-order valence-corrected chi connectivity index (χ3v) is 3.13. The van der Waals surface area contributed by atoms with Crippen molar-refractivity contribution >= 4 is 22.7 Å². The Balaban J connectivity index is 2.45. The number of hydrogen-bond acceptors (Lipinski definition) is 4. The summed E-state index contributed by atoms with van der Waals surface area (Å²) >= 11 is 0. The third kappa shape index (κ3) is 3.66. The Hall–Kier alpha value is -2.31. The first-order chi connectivity index (χ1) is 10.4. The van der Waals surface area contributed by atoms with E-state index in [9.17, 15) is 18.7 Å². The summed E-state index contributed by atoms with van der Waals surface area (Å²) in [6.45, 7) is 3.78. The van der Waals surface area contributed by atoms with Gasteiger partial charge in [0, 0.05) is 5.39 Å². The van der Waals surface area contributed by atoms with Gasteiger partial charge in [0.2, 0.25) is 0 Å². The number of alkyl halides is 2. The molecule has 0 saturated carbocycles. The maximum atomic E-state index is 12.9. The Morgan fingerprint density at radius 1 is 1.27 bits per heavy atom. The van der Waals surface area contributed by atoms with E-state index in [-0.39, 0.29) is 11.7 Å². The number of anilines is 1. The van der Waals surface area contributed by atoms with Gasteiger partial charge in [-0.3, -0.25) is 0 Å². The topological polar surface area (TPSA) is 75.1 Å². The van der Waals surface area contributed by atoms with E-state index in [2.05, 4.69) is 15.3 Å². The Bertz CT molecular complexity index is 677. The first-order valence-corrected chi connectivity index (χ1v) is 6.92. The van der Waals surface area contributed by atoms with E-state index in [0.717, 1.165) is 0 Å². The van der Waals surface area contributed by atoms with E-state index in [1.165, 1.54) is 0 Å². The number of carboxylic acids is 1. The standard InChI is InChI=1S/C15H17F2N3O2/c1-8(2)7-11(15(21)22)19-13-9-5-3-4-6-10(9)18-14(20-13)12(16)17/h3-6,8,11-12H,7H2,1-2H3,(H,21,22)(H,18,19,20)/t11-/m1/s1. The minimum atomic E-state index is -2.82. The molecule has 2 rings (SSSR count). The van der Waals surface area contributed by atoms with Crippen molar-refractivity contribution in [3.63, 3.8) is 0 Å². The van der Waals surface area contributed by atoms with Crippen molar-refractivity contribution in [2.24, 2.45) is 5.92 Å². The SMILES string of the molecule is CC(C)C[C@@H](Nc1nc(C(F)F)nc2ccccc12)C(=O)O. The Morgan fingerprint density at radius 2 is 1.95 bits per heavy atom. The second-order valence-electron chi connectivity index (χ2n) is 5.41. The highest BCUT2D eigenvalue weighted by Gasteiger charge is 2.22. The lowest BCUT2D eigenvalue weighted by Crippen LogP contribution is -2.31. The number of carbonyl (C=O) groups is 1. The van der Waals surface area contributed by atoms with Crippen LogP contribution in [-0.4, -0.2) is 27.1 Å². The molecule has 1 aromatic carbocycles. The van der Waals surface area contributed by atoms with Crippen LogP contribution in [-0.2, 0) is 4.79 Å². The normalized spacial score (nSPS) is 12.8. The molecule has 0 aliphatic carbocycles. The zero-order chi connectivity index (χ0) is 16.3. The number of hydrogen-bond donors (Lipinski definition) is 2. The molecule has 0 unspecified atom stereocenters. The summed E-state index contributed by atoms with van der Waals surface area (Å²) in [5.74, 6) is -1.41. The number of rotatable bonds is 6. The first kappa shape index (κ1) is 16.1. The van der Waals surface area contributed by atoms with E-state index in [4.69, 9.17) is 0 Å². The molecular formula is C15H17F2N3O2. The van der Waals surface area contributed by atoms with Crippen LogP contribution in [0.3, 0.4) is 0 Å². The average Bonchev–Trinajstić information content (AvgIpc) is 2.45. The summed E-state index contributed by atoms with van der Waals surface area (Å²) in [5.41, 5.74) is 0.351. The van der Waals surface area contributed by atoms with Crippen LogP contribution in [0.1, 0.15) is 32.5 Å². The highest BCUT2D eigenvalue weighted by atomic mass is 19.3. The summed E-state index contributed by atoms with van der Waals surface area (Å²) < 4.78 is 25.8. The van der Waals surface area contributed by atoms with Crippen molar-refractivity contribution in [2.75, 3.05) is 5.32 Å². The largest absolute Gasteiger partial charge is 0.480 e. The molecule has 0 saturated heterocycles. The fourth-order valence-corrected chi connectivity index (χ4v) is 2.16. The van der Waals surface area contributed by atoms with Crippen LogP contribution in [0, 0.1) is 5.92 Å². The molecule has 5 nitrogen and oxygen atoms in total. The molecule has 0 fully saturated rings. The van der Waals surface area contributed by atoms with E-state index >= 15 is 0 Å². The molecular weight excluding hydrogens is 292 g/mol. The van der Waals surface area contributed by atoms with Gasteiger partial charge in [0.25, 0.3) is 6.43 Å². The second kappa shape index (κ2) is 6.64. The molecule has 1 heterocycles. The fourth-order valence-electron chi connectivity index (χ4n) is 2.16. The number of halogens is 2. The van der Waals surface area contributed by atoms with E-state index in [1.54, 1.807) is 24.3 Å². The van der Waals surface area contributed by atoms with Crippen molar-refractivity contribution in [2.45, 2.75) is 32.7 Å². The van der Waals surface area contributed by atoms with Gasteiger partial charge < -0.3 is 10.4 Å². The van der Waals surface area contributed by atoms with Gasteiger partial charge in [-0.2, -0.15) is 0 Å². The van der Waals surface area contributed by atoms with Crippen molar-refractivity contribution < 1.29 is 18.7 Å². The molecule has 0 radical (unpaired) electrons. The number of para-hydroxylation sites is 1. The maximum Gasteiger partial charge on any atom is 0.326 e. The number of fused-ring (bicyclic) bond motifs is 1. The molecule has 22 heavy (non-hydrogen) atoms. The first-order valence-electron chi connectivity index (χ1n) is 6.92. The predicted octanol–water partition coefficient (Wildman–Crippen LogP) is 3.48. The molecule has 2 N–H and O–H groups in total. The number of aliphatic carboxylic acids is 1. The maximum absolute atomic E-state index is 12.9. The lowest BCUT2D eigenvalue weighted by Gasteiger charge is -2.18. The summed E-state index contributed by atoms with van der Waals surface area (Å²) in [5, 5.41) is 12.6. The molecule has 0 spiro atoms. The van der Waals surface area contributed by atoms with Gasteiger partial charge in [0.05, 0.1) is 5.52 Å². The molecule has 2 aromatic rings. The Labute approximate surface area is 126 Å². The minimum Gasteiger partial charge on any atom is -0.480 e. The molecule has 0 aliphatic heterocycles. The number of nitrogens with one attached hydrogen (secondary N) is 1. The lowest BCUT2D eigenvalue weighted by atomic mass is 10.0. The highest BCUT2D eigenvalue weighted by molar-refractivity contribution is 5.90. The van der Waals surface area contributed by atoms with Crippen molar-refractivity contribution in [1.82, 2.24) is 9.97 Å². The van der Waals surface area contributed by atoms with Crippen LogP contribution in [0.2, 0.25) is 0 Å². The smallest absolute Gasteiger partial charge is 0.326 e. The Kier molecular flexibility index (Phi) is 4.85. The van der Waals surface area contributed by atoms with Crippen LogP contribution < -0.4 is 5.32 Å². The zero-order valence-electron chi connectivity index (χ0n) is 12.3. The summed E-state index contributed by atoms with van der Waals surface area (Å²) in [4.78, 5) is 18.9. The van der Waals surface area contributed by atoms with E-state index in [1.807, 2.05) is 13.8 Å². The van der Waals surface area contributed by atoms with Crippen LogP contribution in [0.5, 0.6) is 0 Å². The van der Waals surface area contributed by atoms with Crippen LogP contribution in [0.15, 0.2) is 24.3 Å². The number of aromatic nitrogens is 2. The number of nitrogens with zero attached hydrogens (tertiary/aromatic N) is 2. The van der Waals surface area contributed by atoms with Crippen LogP contribution in [0.4, 0.5) is 14.6 Å². The van der Waals surface area contributed by atoms with Gasteiger partial charge in [-0.1, -0.05) is 26.0 Å². The minimum absolute atomic E-state index is 0.119. The summed E-state index contributed by atoms with van der Waals surface area (Å²) in [6, 6.07) is 5.76. The lowest BCUT2D eigenvalue weighted by molar-refractivity contribution is -0.138. The highest BCUT2D eigenvalue weighted by Crippen LogP contribution is 2.25. The second-order valence-corrected chi connectivity index (χ2v) is 5.41. The quantitative estimate of drug-likeness (QED) is 0.854. The molecule has 7 heteroatoms. The molecule has 0 bridgehead atoms.